The van der Waals surface area contributed by atoms with Crippen molar-refractivity contribution in [3.63, 3.8) is 0 Å². The number of amides is 2. The largest absolute Gasteiger partial charge is 0.378 e. The zero-order valence-electron chi connectivity index (χ0n) is 11.3. The molecular weight excluding hydrogens is 263 g/mol. The zero-order valence-corrected chi connectivity index (χ0v) is 11.3. The Labute approximate surface area is 116 Å². The number of nitrogens with one attached hydrogen (secondary N) is 1. The predicted molar refractivity (Wildman–Crippen MR) is 70.7 cm³/mol. The van der Waals surface area contributed by atoms with Gasteiger partial charge in [0.2, 0.25) is 5.91 Å². The highest BCUT2D eigenvalue weighted by Gasteiger charge is 2.23. The topological polar surface area (TPSA) is 58.6 Å². The summed E-state index contributed by atoms with van der Waals surface area (Å²) in [6, 6.07) is 4.57. The summed E-state index contributed by atoms with van der Waals surface area (Å²) in [5.41, 5.74) is 0.327. The molecule has 0 saturated carbocycles. The Balaban J connectivity index is 1.92. The quantitative estimate of drug-likeness (QED) is 0.891. The highest BCUT2D eigenvalue weighted by atomic mass is 19.1. The third-order valence-electron chi connectivity index (χ3n) is 3.15. The molecule has 0 radical (unpaired) electrons. The van der Waals surface area contributed by atoms with Gasteiger partial charge in [0.15, 0.2) is 0 Å². The summed E-state index contributed by atoms with van der Waals surface area (Å²) in [6.45, 7) is 3.75. The van der Waals surface area contributed by atoms with Crippen LogP contribution in [0, 0.1) is 5.82 Å². The lowest BCUT2D eigenvalue weighted by atomic mass is 10.2. The summed E-state index contributed by atoms with van der Waals surface area (Å²) >= 11 is 0. The van der Waals surface area contributed by atoms with Crippen LogP contribution in [-0.2, 0) is 9.53 Å². The monoisotopic (exact) mass is 280 g/mol. The average molecular weight is 280 g/mol. The van der Waals surface area contributed by atoms with Crippen molar-refractivity contribution in [2.45, 2.75) is 13.0 Å². The molecule has 1 N–H and O–H groups in total. The number of benzene rings is 1. The number of ether oxygens (including phenoxy) is 1. The van der Waals surface area contributed by atoms with E-state index in [9.17, 15) is 14.0 Å². The van der Waals surface area contributed by atoms with Gasteiger partial charge in [0.25, 0.3) is 5.91 Å². The SMILES string of the molecule is C[C@@H](NC(=O)c1ccc(F)cc1)C(=O)N1CCOCC1. The highest BCUT2D eigenvalue weighted by Crippen LogP contribution is 2.05. The number of halogens is 1. The fourth-order valence-corrected chi connectivity index (χ4v) is 2.00. The van der Waals surface area contributed by atoms with Crippen LogP contribution in [0.2, 0.25) is 0 Å². The maximum Gasteiger partial charge on any atom is 0.251 e. The van der Waals surface area contributed by atoms with Crippen molar-refractivity contribution in [3.05, 3.63) is 35.6 Å². The van der Waals surface area contributed by atoms with Crippen molar-refractivity contribution in [1.29, 1.82) is 0 Å². The minimum atomic E-state index is -0.620. The normalized spacial score (nSPS) is 16.6. The van der Waals surface area contributed by atoms with Gasteiger partial charge in [0, 0.05) is 18.7 Å². The Morgan fingerprint density at radius 3 is 2.45 bits per heavy atom. The van der Waals surface area contributed by atoms with E-state index < -0.39 is 11.9 Å². The van der Waals surface area contributed by atoms with Gasteiger partial charge in [0.1, 0.15) is 11.9 Å². The molecule has 1 aromatic rings. The Kier molecular flexibility index (Phi) is 4.68. The van der Waals surface area contributed by atoms with Crippen LogP contribution >= 0.6 is 0 Å². The lowest BCUT2D eigenvalue weighted by Crippen LogP contribution is -2.50. The fraction of sp³-hybridized carbons (Fsp3) is 0.429. The molecule has 2 amide bonds. The number of hydrogen-bond donors (Lipinski definition) is 1. The lowest BCUT2D eigenvalue weighted by molar-refractivity contribution is -0.136. The first kappa shape index (κ1) is 14.5. The van der Waals surface area contributed by atoms with Crippen molar-refractivity contribution >= 4 is 11.8 Å². The number of carbonyl (C=O) groups excluding carboxylic acids is 2. The molecule has 0 spiro atoms. The van der Waals surface area contributed by atoms with E-state index in [4.69, 9.17) is 4.74 Å². The van der Waals surface area contributed by atoms with Gasteiger partial charge >= 0.3 is 0 Å². The van der Waals surface area contributed by atoms with Gasteiger partial charge in [0.05, 0.1) is 13.2 Å². The summed E-state index contributed by atoms with van der Waals surface area (Å²) in [4.78, 5) is 25.7. The molecular formula is C14H17FN2O3. The molecule has 1 atom stereocenters. The Bertz CT molecular complexity index is 484. The molecule has 0 bridgehead atoms. The van der Waals surface area contributed by atoms with Gasteiger partial charge in [-0.25, -0.2) is 4.39 Å². The number of rotatable bonds is 3. The summed E-state index contributed by atoms with van der Waals surface area (Å²) in [6.07, 6.45) is 0. The molecule has 1 aromatic carbocycles. The van der Waals surface area contributed by atoms with E-state index in [0.29, 0.717) is 31.9 Å². The van der Waals surface area contributed by atoms with Gasteiger partial charge in [-0.05, 0) is 31.2 Å². The minimum Gasteiger partial charge on any atom is -0.378 e. The summed E-state index contributed by atoms with van der Waals surface area (Å²) in [5.74, 6) is -0.929. The first-order valence-corrected chi connectivity index (χ1v) is 6.51. The first-order chi connectivity index (χ1) is 9.58. The fourth-order valence-electron chi connectivity index (χ4n) is 2.00. The van der Waals surface area contributed by atoms with Crippen LogP contribution in [0.3, 0.4) is 0 Å². The third kappa shape index (κ3) is 3.54. The molecule has 1 aliphatic rings. The van der Waals surface area contributed by atoms with Crippen LogP contribution < -0.4 is 5.32 Å². The van der Waals surface area contributed by atoms with Gasteiger partial charge in [-0.2, -0.15) is 0 Å². The third-order valence-corrected chi connectivity index (χ3v) is 3.15. The van der Waals surface area contributed by atoms with E-state index in [1.54, 1.807) is 11.8 Å². The maximum absolute atomic E-state index is 12.8. The molecule has 6 heteroatoms. The standard InChI is InChI=1S/C14H17FN2O3/c1-10(14(19)17-6-8-20-9-7-17)16-13(18)11-2-4-12(15)5-3-11/h2-5,10H,6-9H2,1H3,(H,16,18)/t10-/m1/s1. The van der Waals surface area contributed by atoms with Crippen LogP contribution in [-0.4, -0.2) is 49.1 Å². The molecule has 20 heavy (non-hydrogen) atoms. The Hall–Kier alpha value is -1.95. The smallest absolute Gasteiger partial charge is 0.251 e. The van der Waals surface area contributed by atoms with Crippen molar-refractivity contribution in [2.24, 2.45) is 0 Å². The predicted octanol–water partition coefficient (Wildman–Crippen LogP) is 0.803. The first-order valence-electron chi connectivity index (χ1n) is 6.51. The van der Waals surface area contributed by atoms with Gasteiger partial charge < -0.3 is 15.0 Å². The molecule has 0 aliphatic carbocycles. The molecule has 1 fully saturated rings. The van der Waals surface area contributed by atoms with Crippen molar-refractivity contribution in [3.8, 4) is 0 Å². The van der Waals surface area contributed by atoms with Gasteiger partial charge in [-0.3, -0.25) is 9.59 Å². The van der Waals surface area contributed by atoms with Crippen LogP contribution in [0.4, 0.5) is 4.39 Å². The maximum atomic E-state index is 12.8. The molecule has 1 saturated heterocycles. The van der Waals surface area contributed by atoms with E-state index >= 15 is 0 Å². The van der Waals surface area contributed by atoms with Gasteiger partial charge in [-0.1, -0.05) is 0 Å². The van der Waals surface area contributed by atoms with Crippen LogP contribution in [0.15, 0.2) is 24.3 Å². The van der Waals surface area contributed by atoms with E-state index in [-0.39, 0.29) is 11.8 Å². The summed E-state index contributed by atoms with van der Waals surface area (Å²) < 4.78 is 18.0. The molecule has 1 aliphatic heterocycles. The summed E-state index contributed by atoms with van der Waals surface area (Å²) in [7, 11) is 0. The lowest BCUT2D eigenvalue weighted by Gasteiger charge is -2.29. The Morgan fingerprint density at radius 2 is 1.85 bits per heavy atom. The van der Waals surface area contributed by atoms with E-state index in [1.807, 2.05) is 0 Å². The number of morpholine rings is 1. The average Bonchev–Trinajstić information content (AvgIpc) is 2.48. The molecule has 108 valence electrons. The van der Waals surface area contributed by atoms with E-state index in [2.05, 4.69) is 5.32 Å². The highest BCUT2D eigenvalue weighted by molar-refractivity contribution is 5.97. The second-order valence-corrected chi connectivity index (χ2v) is 4.64. The van der Waals surface area contributed by atoms with E-state index in [1.165, 1.54) is 24.3 Å². The van der Waals surface area contributed by atoms with Crippen molar-refractivity contribution in [2.75, 3.05) is 26.3 Å². The molecule has 0 unspecified atom stereocenters. The molecule has 2 rings (SSSR count). The molecule has 5 nitrogen and oxygen atoms in total. The number of hydrogen-bond acceptors (Lipinski definition) is 3. The molecule has 0 aromatic heterocycles. The van der Waals surface area contributed by atoms with Gasteiger partial charge in [-0.15, -0.1) is 0 Å². The van der Waals surface area contributed by atoms with Crippen molar-refractivity contribution < 1.29 is 18.7 Å². The minimum absolute atomic E-state index is 0.135. The Morgan fingerprint density at radius 1 is 1.25 bits per heavy atom. The second kappa shape index (κ2) is 6.47. The van der Waals surface area contributed by atoms with Crippen LogP contribution in [0.5, 0.6) is 0 Å². The second-order valence-electron chi connectivity index (χ2n) is 4.64. The van der Waals surface area contributed by atoms with Crippen LogP contribution in [0.1, 0.15) is 17.3 Å². The summed E-state index contributed by atoms with van der Waals surface area (Å²) in [5, 5.41) is 2.62. The number of nitrogens with zero attached hydrogens (tertiary/aromatic N) is 1. The zero-order chi connectivity index (χ0) is 14.5. The number of carbonyl (C=O) groups is 2. The molecule has 1 heterocycles. The van der Waals surface area contributed by atoms with Crippen LogP contribution in [0.25, 0.3) is 0 Å². The van der Waals surface area contributed by atoms with Crippen molar-refractivity contribution in [1.82, 2.24) is 10.2 Å². The van der Waals surface area contributed by atoms with E-state index in [0.717, 1.165) is 0 Å².